The van der Waals surface area contributed by atoms with Gasteiger partial charge in [-0.15, -0.1) is 0 Å². The lowest BCUT2D eigenvalue weighted by Gasteiger charge is -2.18. The van der Waals surface area contributed by atoms with Gasteiger partial charge in [0.2, 0.25) is 0 Å². The molecule has 0 atom stereocenters. The average Bonchev–Trinajstić information content (AvgIpc) is 3.00. The van der Waals surface area contributed by atoms with Crippen molar-refractivity contribution in [2.24, 2.45) is 5.73 Å². The van der Waals surface area contributed by atoms with E-state index in [1.54, 1.807) is 14.2 Å². The van der Waals surface area contributed by atoms with E-state index in [0.717, 1.165) is 40.8 Å². The first-order valence-corrected chi connectivity index (χ1v) is 6.49. The minimum atomic E-state index is 0.00377. The van der Waals surface area contributed by atoms with Crippen molar-refractivity contribution in [2.45, 2.75) is 31.7 Å². The summed E-state index contributed by atoms with van der Waals surface area (Å²) >= 11 is 3.52. The second-order valence-corrected chi connectivity index (χ2v) is 5.60. The lowest BCUT2D eigenvalue weighted by atomic mass is 9.99. The van der Waals surface area contributed by atoms with E-state index in [1.807, 2.05) is 0 Å². The first-order chi connectivity index (χ1) is 8.00. The van der Waals surface area contributed by atoms with Crippen molar-refractivity contribution in [3.8, 4) is 11.5 Å². The SMILES string of the molecule is COc1c(Br)cc(CC2(N)CC2)c(C)c1OC. The topological polar surface area (TPSA) is 44.5 Å². The molecule has 1 fully saturated rings. The Morgan fingerprint density at radius 1 is 1.29 bits per heavy atom. The third-order valence-electron chi connectivity index (χ3n) is 3.39. The molecule has 1 saturated carbocycles. The Morgan fingerprint density at radius 2 is 1.88 bits per heavy atom. The average molecular weight is 300 g/mol. The summed E-state index contributed by atoms with van der Waals surface area (Å²) in [6, 6.07) is 2.09. The zero-order valence-electron chi connectivity index (χ0n) is 10.5. The van der Waals surface area contributed by atoms with Crippen LogP contribution in [-0.2, 0) is 6.42 Å². The predicted octanol–water partition coefficient (Wildman–Crippen LogP) is 2.81. The van der Waals surface area contributed by atoms with Crippen LogP contribution in [0.5, 0.6) is 11.5 Å². The highest BCUT2D eigenvalue weighted by Crippen LogP contribution is 2.43. The minimum Gasteiger partial charge on any atom is -0.493 e. The molecule has 0 aliphatic heterocycles. The molecule has 0 spiro atoms. The maximum absolute atomic E-state index is 6.17. The minimum absolute atomic E-state index is 0.00377. The predicted molar refractivity (Wildman–Crippen MR) is 71.8 cm³/mol. The second kappa shape index (κ2) is 4.50. The Morgan fingerprint density at radius 3 is 2.35 bits per heavy atom. The van der Waals surface area contributed by atoms with Gasteiger partial charge in [-0.3, -0.25) is 0 Å². The maximum atomic E-state index is 6.17. The van der Waals surface area contributed by atoms with Gasteiger partial charge < -0.3 is 15.2 Å². The highest BCUT2D eigenvalue weighted by atomic mass is 79.9. The van der Waals surface area contributed by atoms with E-state index in [1.165, 1.54) is 5.56 Å². The summed E-state index contributed by atoms with van der Waals surface area (Å²) in [7, 11) is 3.31. The molecular weight excluding hydrogens is 282 g/mol. The molecule has 3 nitrogen and oxygen atoms in total. The van der Waals surface area contributed by atoms with Crippen LogP contribution in [0.3, 0.4) is 0 Å². The smallest absolute Gasteiger partial charge is 0.175 e. The second-order valence-electron chi connectivity index (χ2n) is 4.75. The highest BCUT2D eigenvalue weighted by Gasteiger charge is 2.38. The zero-order chi connectivity index (χ0) is 12.6. The zero-order valence-corrected chi connectivity index (χ0v) is 12.1. The van der Waals surface area contributed by atoms with Crippen LogP contribution in [0, 0.1) is 6.92 Å². The van der Waals surface area contributed by atoms with Gasteiger partial charge >= 0.3 is 0 Å². The third-order valence-corrected chi connectivity index (χ3v) is 3.98. The summed E-state index contributed by atoms with van der Waals surface area (Å²) in [5.74, 6) is 1.54. The van der Waals surface area contributed by atoms with Crippen molar-refractivity contribution < 1.29 is 9.47 Å². The van der Waals surface area contributed by atoms with Crippen LogP contribution in [0.15, 0.2) is 10.5 Å². The quantitative estimate of drug-likeness (QED) is 0.930. The fraction of sp³-hybridized carbons (Fsp3) is 0.538. The lowest BCUT2D eigenvalue weighted by molar-refractivity contribution is 0.350. The van der Waals surface area contributed by atoms with Gasteiger partial charge in [0.25, 0.3) is 0 Å². The normalized spacial score (nSPS) is 16.8. The van der Waals surface area contributed by atoms with E-state index in [4.69, 9.17) is 15.2 Å². The highest BCUT2D eigenvalue weighted by molar-refractivity contribution is 9.10. The Balaban J connectivity index is 2.43. The molecule has 0 unspecified atom stereocenters. The monoisotopic (exact) mass is 299 g/mol. The number of ether oxygens (including phenoxy) is 2. The molecular formula is C13H18BrNO2. The molecule has 1 aromatic carbocycles. The molecule has 0 bridgehead atoms. The van der Waals surface area contributed by atoms with Crippen LogP contribution in [0.1, 0.15) is 24.0 Å². The molecule has 2 rings (SSSR count). The molecule has 0 saturated heterocycles. The first kappa shape index (κ1) is 12.7. The molecule has 0 aromatic heterocycles. The van der Waals surface area contributed by atoms with Crippen LogP contribution >= 0.6 is 15.9 Å². The van der Waals surface area contributed by atoms with E-state index in [9.17, 15) is 0 Å². The number of benzene rings is 1. The summed E-state index contributed by atoms with van der Waals surface area (Å²) in [5.41, 5.74) is 8.52. The molecule has 0 heterocycles. The van der Waals surface area contributed by atoms with E-state index in [-0.39, 0.29) is 5.54 Å². The van der Waals surface area contributed by atoms with Crippen molar-refractivity contribution in [2.75, 3.05) is 14.2 Å². The van der Waals surface area contributed by atoms with Gasteiger partial charge in [-0.2, -0.15) is 0 Å². The number of methoxy groups -OCH3 is 2. The number of nitrogens with two attached hydrogens (primary N) is 1. The van der Waals surface area contributed by atoms with E-state index in [0.29, 0.717) is 0 Å². The molecule has 94 valence electrons. The summed E-state index contributed by atoms with van der Waals surface area (Å²) in [6.07, 6.45) is 3.12. The van der Waals surface area contributed by atoms with Gasteiger partial charge in [-0.25, -0.2) is 0 Å². The summed E-state index contributed by atoms with van der Waals surface area (Å²) < 4.78 is 11.7. The number of rotatable bonds is 4. The van der Waals surface area contributed by atoms with E-state index >= 15 is 0 Å². The van der Waals surface area contributed by atoms with Crippen LogP contribution in [0.2, 0.25) is 0 Å². The molecule has 1 aliphatic carbocycles. The molecule has 1 aromatic rings. The van der Waals surface area contributed by atoms with Crippen molar-refractivity contribution in [3.05, 3.63) is 21.7 Å². The fourth-order valence-electron chi connectivity index (χ4n) is 2.09. The Labute approximate surface area is 110 Å². The van der Waals surface area contributed by atoms with Gasteiger partial charge in [0.15, 0.2) is 11.5 Å². The summed E-state index contributed by atoms with van der Waals surface area (Å²) in [5, 5.41) is 0. The molecule has 1 aliphatic rings. The van der Waals surface area contributed by atoms with Crippen LogP contribution < -0.4 is 15.2 Å². The summed E-state index contributed by atoms with van der Waals surface area (Å²) in [4.78, 5) is 0. The van der Waals surface area contributed by atoms with Gasteiger partial charge in [-0.1, -0.05) is 0 Å². The molecule has 0 radical (unpaired) electrons. The van der Waals surface area contributed by atoms with Gasteiger partial charge in [-0.05, 0) is 59.3 Å². The van der Waals surface area contributed by atoms with E-state index in [2.05, 4.69) is 28.9 Å². The molecule has 0 amide bonds. The maximum Gasteiger partial charge on any atom is 0.175 e. The van der Waals surface area contributed by atoms with Crippen molar-refractivity contribution >= 4 is 15.9 Å². The molecule has 2 N–H and O–H groups in total. The lowest BCUT2D eigenvalue weighted by Crippen LogP contribution is -2.25. The van der Waals surface area contributed by atoms with Crippen LogP contribution in [0.25, 0.3) is 0 Å². The van der Waals surface area contributed by atoms with Gasteiger partial charge in [0, 0.05) is 5.54 Å². The standard InChI is InChI=1S/C13H18BrNO2/c1-8-9(7-13(15)4-5-13)6-10(14)12(17-3)11(8)16-2/h6H,4-5,7,15H2,1-3H3. The van der Waals surface area contributed by atoms with Crippen molar-refractivity contribution in [1.29, 1.82) is 0 Å². The Hall–Kier alpha value is -0.740. The summed E-state index contributed by atoms with van der Waals surface area (Å²) in [6.45, 7) is 2.05. The van der Waals surface area contributed by atoms with Gasteiger partial charge in [0.1, 0.15) is 0 Å². The number of hydrogen-bond acceptors (Lipinski definition) is 3. The van der Waals surface area contributed by atoms with Crippen molar-refractivity contribution in [1.82, 2.24) is 0 Å². The molecule has 4 heteroatoms. The fourth-order valence-corrected chi connectivity index (χ4v) is 2.71. The van der Waals surface area contributed by atoms with Crippen LogP contribution in [-0.4, -0.2) is 19.8 Å². The van der Waals surface area contributed by atoms with Crippen molar-refractivity contribution in [3.63, 3.8) is 0 Å². The van der Waals surface area contributed by atoms with Gasteiger partial charge in [0.05, 0.1) is 18.7 Å². The number of hydrogen-bond donors (Lipinski definition) is 1. The first-order valence-electron chi connectivity index (χ1n) is 5.69. The Bertz CT molecular complexity index is 442. The third kappa shape index (κ3) is 2.43. The van der Waals surface area contributed by atoms with Crippen LogP contribution in [0.4, 0.5) is 0 Å². The largest absolute Gasteiger partial charge is 0.493 e. The molecule has 17 heavy (non-hydrogen) atoms. The van der Waals surface area contributed by atoms with E-state index < -0.39 is 0 Å². The Kier molecular flexibility index (Phi) is 3.36. The number of halogens is 1.